The van der Waals surface area contributed by atoms with Crippen LogP contribution in [-0.2, 0) is 9.63 Å². The number of rotatable bonds is 10. The summed E-state index contributed by atoms with van der Waals surface area (Å²) in [5.41, 5.74) is 2.64. The molecule has 0 bridgehead atoms. The number of benzene rings is 2. The van der Waals surface area contributed by atoms with Crippen LogP contribution < -0.4 is 9.64 Å². The van der Waals surface area contributed by atoms with E-state index in [9.17, 15) is 19.3 Å². The first-order chi connectivity index (χ1) is 16.7. The van der Waals surface area contributed by atoms with Crippen molar-refractivity contribution < 1.29 is 23.7 Å². The summed E-state index contributed by atoms with van der Waals surface area (Å²) in [7, 11) is 0. The van der Waals surface area contributed by atoms with Crippen LogP contribution in [0.15, 0.2) is 36.4 Å². The molecule has 0 radical (unpaired) electrons. The summed E-state index contributed by atoms with van der Waals surface area (Å²) in [5, 5.41) is 13.3. The van der Waals surface area contributed by atoms with Gasteiger partial charge in [0.2, 0.25) is 0 Å². The van der Waals surface area contributed by atoms with Crippen molar-refractivity contribution in [2.24, 2.45) is 5.92 Å². The Labute approximate surface area is 205 Å². The Morgan fingerprint density at radius 1 is 1.14 bits per heavy atom. The third-order valence-electron chi connectivity index (χ3n) is 6.23. The average Bonchev–Trinajstić information content (AvgIpc) is 2.82. The number of hydroxylamine groups is 2. The Morgan fingerprint density at radius 3 is 2.37 bits per heavy atom. The van der Waals surface area contributed by atoms with E-state index in [0.717, 1.165) is 23.2 Å². The number of carbonyl (C=O) groups is 1. The molecular formula is C26H34FN3O5. The van der Waals surface area contributed by atoms with Crippen molar-refractivity contribution in [1.29, 1.82) is 0 Å². The molecule has 0 spiro atoms. The van der Waals surface area contributed by atoms with Crippen molar-refractivity contribution in [1.82, 2.24) is 5.06 Å². The number of nitro groups is 1. The van der Waals surface area contributed by atoms with Crippen LogP contribution in [-0.4, -0.2) is 48.7 Å². The normalized spacial score (nSPS) is 15.2. The van der Waals surface area contributed by atoms with Gasteiger partial charge in [0, 0.05) is 24.8 Å². The molecule has 2 aromatic rings. The van der Waals surface area contributed by atoms with Crippen LogP contribution in [0.2, 0.25) is 0 Å². The van der Waals surface area contributed by atoms with Gasteiger partial charge < -0.3 is 14.5 Å². The highest BCUT2D eigenvalue weighted by Gasteiger charge is 2.27. The molecule has 1 saturated heterocycles. The van der Waals surface area contributed by atoms with E-state index < -0.39 is 16.8 Å². The molecule has 0 aliphatic carbocycles. The summed E-state index contributed by atoms with van der Waals surface area (Å²) in [6.07, 6.45) is 1.29. The summed E-state index contributed by atoms with van der Waals surface area (Å²) in [6, 6.07) is 9.57. The van der Waals surface area contributed by atoms with Crippen molar-refractivity contribution >= 4 is 17.3 Å². The third kappa shape index (κ3) is 6.91. The smallest absolute Gasteiger partial charge is 0.331 e. The summed E-state index contributed by atoms with van der Waals surface area (Å²) in [4.78, 5) is 31.8. The van der Waals surface area contributed by atoms with Crippen molar-refractivity contribution in [3.63, 3.8) is 0 Å². The first kappa shape index (κ1) is 26.4. The molecule has 2 aromatic carbocycles. The monoisotopic (exact) mass is 487 g/mol. The van der Waals surface area contributed by atoms with Gasteiger partial charge in [-0.2, -0.15) is 0 Å². The summed E-state index contributed by atoms with van der Waals surface area (Å²) >= 11 is 0. The number of anilines is 1. The molecule has 0 N–H and O–H groups in total. The Kier molecular flexibility index (Phi) is 9.03. The van der Waals surface area contributed by atoms with E-state index in [-0.39, 0.29) is 29.8 Å². The topological polar surface area (TPSA) is 85.1 Å². The van der Waals surface area contributed by atoms with Crippen LogP contribution in [0.4, 0.5) is 15.8 Å². The maximum atomic E-state index is 13.2. The minimum Gasteiger partial charge on any atom is -0.486 e. The van der Waals surface area contributed by atoms with E-state index in [1.54, 1.807) is 29.3 Å². The van der Waals surface area contributed by atoms with Gasteiger partial charge in [0.1, 0.15) is 12.4 Å². The van der Waals surface area contributed by atoms with Crippen molar-refractivity contribution in [2.75, 3.05) is 37.7 Å². The number of piperazine rings is 1. The van der Waals surface area contributed by atoms with Gasteiger partial charge >= 0.3 is 11.7 Å². The Bertz CT molecular complexity index is 1020. The molecule has 3 rings (SSSR count). The number of hydrogen-bond donors (Lipinski definition) is 0. The zero-order valence-electron chi connectivity index (χ0n) is 20.8. The highest BCUT2D eigenvalue weighted by atomic mass is 19.1. The highest BCUT2D eigenvalue weighted by molar-refractivity contribution is 5.72. The lowest BCUT2D eigenvalue weighted by Crippen LogP contribution is -2.47. The fourth-order valence-electron chi connectivity index (χ4n) is 4.27. The van der Waals surface area contributed by atoms with Crippen molar-refractivity contribution in [3.05, 3.63) is 63.5 Å². The molecule has 190 valence electrons. The molecule has 35 heavy (non-hydrogen) atoms. The van der Waals surface area contributed by atoms with Crippen LogP contribution in [0, 0.1) is 28.8 Å². The van der Waals surface area contributed by atoms with Gasteiger partial charge in [-0.25, -0.2) is 9.18 Å². The molecule has 1 aliphatic heterocycles. The van der Waals surface area contributed by atoms with Crippen LogP contribution in [0.1, 0.15) is 50.7 Å². The fraction of sp³-hybridized carbons (Fsp3) is 0.500. The molecule has 1 fully saturated rings. The Balaban J connectivity index is 1.60. The average molecular weight is 488 g/mol. The first-order valence-corrected chi connectivity index (χ1v) is 12.1. The second-order valence-electron chi connectivity index (χ2n) is 9.19. The quantitative estimate of drug-likeness (QED) is 0.335. The molecular weight excluding hydrogens is 453 g/mol. The predicted molar refractivity (Wildman–Crippen MR) is 132 cm³/mol. The van der Waals surface area contributed by atoms with Gasteiger partial charge in [-0.05, 0) is 60.7 Å². The van der Waals surface area contributed by atoms with Gasteiger partial charge in [-0.3, -0.25) is 10.1 Å². The van der Waals surface area contributed by atoms with Crippen LogP contribution in [0.5, 0.6) is 5.75 Å². The van der Waals surface area contributed by atoms with Crippen molar-refractivity contribution in [2.45, 2.75) is 46.5 Å². The number of nitro benzene ring substituents is 1. The molecule has 1 aliphatic rings. The minimum atomic E-state index is -0.542. The Hall–Kier alpha value is -3.20. The van der Waals surface area contributed by atoms with E-state index >= 15 is 0 Å². The fourth-order valence-corrected chi connectivity index (χ4v) is 4.27. The molecule has 8 nitrogen and oxygen atoms in total. The first-order valence-electron chi connectivity index (χ1n) is 12.1. The van der Waals surface area contributed by atoms with E-state index in [4.69, 9.17) is 9.57 Å². The summed E-state index contributed by atoms with van der Waals surface area (Å²) < 4.78 is 19.0. The van der Waals surface area contributed by atoms with E-state index in [1.165, 1.54) is 12.1 Å². The summed E-state index contributed by atoms with van der Waals surface area (Å²) in [6.45, 7) is 10.2. The zero-order chi connectivity index (χ0) is 25.5. The van der Waals surface area contributed by atoms with E-state index in [2.05, 4.69) is 4.90 Å². The predicted octanol–water partition coefficient (Wildman–Crippen LogP) is 5.24. The number of ether oxygens (including phenoxy) is 1. The lowest BCUT2D eigenvalue weighted by atomic mass is 9.97. The molecule has 9 heteroatoms. The number of carbonyl (C=O) groups excluding carboxylic acids is 1. The van der Waals surface area contributed by atoms with E-state index in [0.29, 0.717) is 32.6 Å². The molecule has 0 amide bonds. The highest BCUT2D eigenvalue weighted by Crippen LogP contribution is 2.34. The molecule has 0 aromatic heterocycles. The number of aryl methyl sites for hydroxylation is 1. The molecule has 1 heterocycles. The standard InChI is InChI=1S/C26H34FN3O5/c1-5-6-20(17-34-25-15-19(4)23(18(2)3)16-24(25)30(32)33)26(31)35-29-13-11-28(12-14-29)22-9-7-21(27)8-10-22/h7-10,15-16,18,20H,5-6,11-14,17H2,1-4H3. The SMILES string of the molecule is CCCC(COc1cc(C)c(C(C)C)cc1[N+](=O)[O-])C(=O)ON1CCN(c2ccc(F)cc2)CC1. The number of hydrogen-bond acceptors (Lipinski definition) is 7. The van der Waals surface area contributed by atoms with Gasteiger partial charge in [-0.15, -0.1) is 5.06 Å². The second kappa shape index (κ2) is 12.0. The maximum Gasteiger partial charge on any atom is 0.331 e. The third-order valence-corrected chi connectivity index (χ3v) is 6.23. The van der Waals surface area contributed by atoms with Crippen LogP contribution >= 0.6 is 0 Å². The van der Waals surface area contributed by atoms with Gasteiger partial charge in [0.05, 0.1) is 23.9 Å². The van der Waals surface area contributed by atoms with Crippen LogP contribution in [0.25, 0.3) is 0 Å². The zero-order valence-corrected chi connectivity index (χ0v) is 20.8. The minimum absolute atomic E-state index is 0.00350. The lowest BCUT2D eigenvalue weighted by molar-refractivity contribution is -0.386. The van der Waals surface area contributed by atoms with E-state index in [1.807, 2.05) is 27.7 Å². The van der Waals surface area contributed by atoms with Crippen molar-refractivity contribution in [3.8, 4) is 5.75 Å². The number of halogens is 1. The number of nitrogens with zero attached hydrogens (tertiary/aromatic N) is 3. The maximum absolute atomic E-state index is 13.2. The second-order valence-corrected chi connectivity index (χ2v) is 9.19. The molecule has 1 unspecified atom stereocenters. The summed E-state index contributed by atoms with van der Waals surface area (Å²) in [5.74, 6) is -0.908. The molecule has 0 saturated carbocycles. The molecule has 1 atom stereocenters. The van der Waals surface area contributed by atoms with Crippen LogP contribution in [0.3, 0.4) is 0 Å². The van der Waals surface area contributed by atoms with Gasteiger partial charge in [-0.1, -0.05) is 27.2 Å². The van der Waals surface area contributed by atoms with Gasteiger partial charge in [0.25, 0.3) is 0 Å². The Morgan fingerprint density at radius 2 is 1.80 bits per heavy atom. The lowest BCUT2D eigenvalue weighted by Gasteiger charge is -2.35. The largest absolute Gasteiger partial charge is 0.486 e. The van der Waals surface area contributed by atoms with Gasteiger partial charge in [0.15, 0.2) is 5.75 Å².